The van der Waals surface area contributed by atoms with E-state index in [0.717, 1.165) is 50.5 Å². The molecule has 0 fully saturated rings. The second-order valence-corrected chi connectivity index (χ2v) is 8.49. The van der Waals surface area contributed by atoms with Crippen LogP contribution in [0, 0.1) is 17.8 Å². The van der Waals surface area contributed by atoms with E-state index >= 15 is 0 Å². The van der Waals surface area contributed by atoms with E-state index in [1.165, 1.54) is 44.9 Å². The minimum Gasteiger partial charge on any atom is -0.372 e. The molecule has 170 valence electrons. The number of hydrogen-bond donors (Lipinski definition) is 1. The summed E-state index contributed by atoms with van der Waals surface area (Å²) >= 11 is 0. The standard InChI is InChI=1S/C26H43NO3/c1-3-5-7-9-11-13-17-22-21-24(28)23(18-14-10-8-6-4-2)26(22)30-20-16-12-15-19-25(27)29/h21,23,26H,3-12,14-16,18-20H2,1-2H3,(H2,27,29)/t23-,26+/m0/s1. The monoisotopic (exact) mass is 417 g/mol. The van der Waals surface area contributed by atoms with Crippen LogP contribution in [0.2, 0.25) is 0 Å². The van der Waals surface area contributed by atoms with E-state index in [0.29, 0.717) is 13.0 Å². The van der Waals surface area contributed by atoms with Crippen molar-refractivity contribution in [2.24, 2.45) is 11.7 Å². The molecule has 0 aliphatic heterocycles. The number of carbonyl (C=O) groups is 2. The van der Waals surface area contributed by atoms with Crippen molar-refractivity contribution in [3.8, 4) is 11.8 Å². The van der Waals surface area contributed by atoms with E-state index in [1.807, 2.05) is 0 Å². The number of carbonyl (C=O) groups excluding carboxylic acids is 2. The van der Waals surface area contributed by atoms with E-state index in [9.17, 15) is 9.59 Å². The van der Waals surface area contributed by atoms with E-state index in [4.69, 9.17) is 10.5 Å². The van der Waals surface area contributed by atoms with Crippen molar-refractivity contribution in [1.82, 2.24) is 0 Å². The van der Waals surface area contributed by atoms with Crippen molar-refractivity contribution >= 4 is 11.7 Å². The molecule has 30 heavy (non-hydrogen) atoms. The number of allylic oxidation sites excluding steroid dienone is 1. The Kier molecular flexibility index (Phi) is 15.1. The molecule has 0 aromatic heterocycles. The lowest BCUT2D eigenvalue weighted by Crippen LogP contribution is -2.26. The van der Waals surface area contributed by atoms with Gasteiger partial charge in [-0.2, -0.15) is 0 Å². The van der Waals surface area contributed by atoms with Gasteiger partial charge in [-0.1, -0.05) is 83.5 Å². The van der Waals surface area contributed by atoms with Crippen LogP contribution >= 0.6 is 0 Å². The summed E-state index contributed by atoms with van der Waals surface area (Å²) in [7, 11) is 0. The highest BCUT2D eigenvalue weighted by Crippen LogP contribution is 2.30. The van der Waals surface area contributed by atoms with Gasteiger partial charge in [0.05, 0.1) is 5.92 Å². The Labute approximate surface area is 184 Å². The van der Waals surface area contributed by atoms with Gasteiger partial charge in [0.15, 0.2) is 5.78 Å². The van der Waals surface area contributed by atoms with Gasteiger partial charge in [-0.25, -0.2) is 0 Å². The molecule has 0 unspecified atom stereocenters. The highest BCUT2D eigenvalue weighted by molar-refractivity contribution is 5.97. The van der Waals surface area contributed by atoms with E-state index in [2.05, 4.69) is 25.7 Å². The van der Waals surface area contributed by atoms with Gasteiger partial charge in [0, 0.05) is 25.0 Å². The van der Waals surface area contributed by atoms with E-state index in [1.54, 1.807) is 6.08 Å². The van der Waals surface area contributed by atoms with Crippen molar-refractivity contribution in [1.29, 1.82) is 0 Å². The maximum atomic E-state index is 12.6. The van der Waals surface area contributed by atoms with Crippen LogP contribution in [0.15, 0.2) is 11.6 Å². The third-order valence-electron chi connectivity index (χ3n) is 5.71. The molecule has 1 amide bonds. The molecule has 0 aromatic rings. The Morgan fingerprint density at radius 2 is 1.63 bits per heavy atom. The van der Waals surface area contributed by atoms with Gasteiger partial charge in [0.25, 0.3) is 0 Å². The van der Waals surface area contributed by atoms with Crippen LogP contribution in [0.5, 0.6) is 0 Å². The van der Waals surface area contributed by atoms with Crippen LogP contribution in [-0.4, -0.2) is 24.4 Å². The Hall–Kier alpha value is -1.60. The van der Waals surface area contributed by atoms with Crippen molar-refractivity contribution < 1.29 is 14.3 Å². The first-order chi connectivity index (χ1) is 14.6. The summed E-state index contributed by atoms with van der Waals surface area (Å²) in [6, 6.07) is 0. The molecule has 0 radical (unpaired) electrons. The predicted molar refractivity (Wildman–Crippen MR) is 124 cm³/mol. The first kappa shape index (κ1) is 26.4. The van der Waals surface area contributed by atoms with Gasteiger partial charge in [0.1, 0.15) is 6.10 Å². The quantitative estimate of drug-likeness (QED) is 0.237. The Balaban J connectivity index is 2.55. The van der Waals surface area contributed by atoms with Crippen molar-refractivity contribution in [3.63, 3.8) is 0 Å². The number of ketones is 1. The normalized spacial score (nSPS) is 18.2. The fourth-order valence-corrected chi connectivity index (χ4v) is 3.88. The molecular weight excluding hydrogens is 374 g/mol. The summed E-state index contributed by atoms with van der Waals surface area (Å²) < 4.78 is 6.17. The summed E-state index contributed by atoms with van der Waals surface area (Å²) in [6.07, 6.45) is 17.1. The largest absolute Gasteiger partial charge is 0.372 e. The average Bonchev–Trinajstić information content (AvgIpc) is 3.01. The second kappa shape index (κ2) is 17.1. The molecule has 4 heteroatoms. The van der Waals surface area contributed by atoms with Gasteiger partial charge in [-0.05, 0) is 31.8 Å². The fraction of sp³-hybridized carbons (Fsp3) is 0.769. The molecular formula is C26H43NO3. The number of rotatable bonds is 17. The fourth-order valence-electron chi connectivity index (χ4n) is 3.88. The number of nitrogens with two attached hydrogens (primary N) is 1. The molecule has 1 aliphatic rings. The van der Waals surface area contributed by atoms with Gasteiger partial charge in [-0.15, -0.1) is 0 Å². The summed E-state index contributed by atoms with van der Waals surface area (Å²) in [5, 5.41) is 0. The first-order valence-electron chi connectivity index (χ1n) is 12.2. The first-order valence-corrected chi connectivity index (χ1v) is 12.2. The van der Waals surface area contributed by atoms with Crippen LogP contribution < -0.4 is 5.73 Å². The number of unbranched alkanes of at least 4 members (excludes halogenated alkanes) is 10. The van der Waals surface area contributed by atoms with Gasteiger partial charge >= 0.3 is 0 Å². The van der Waals surface area contributed by atoms with Gasteiger partial charge in [0.2, 0.25) is 5.91 Å². The van der Waals surface area contributed by atoms with Gasteiger partial charge < -0.3 is 10.5 Å². The molecule has 0 aromatic carbocycles. The number of hydrogen-bond acceptors (Lipinski definition) is 3. The summed E-state index contributed by atoms with van der Waals surface area (Å²) in [5.41, 5.74) is 6.06. The second-order valence-electron chi connectivity index (χ2n) is 8.49. The van der Waals surface area contributed by atoms with E-state index < -0.39 is 0 Å². The highest BCUT2D eigenvalue weighted by atomic mass is 16.5. The zero-order chi connectivity index (χ0) is 22.0. The minimum absolute atomic E-state index is 0.0818. The predicted octanol–water partition coefficient (Wildman–Crippen LogP) is 5.88. The molecule has 0 bridgehead atoms. The number of primary amides is 1. The van der Waals surface area contributed by atoms with Crippen LogP contribution in [0.4, 0.5) is 0 Å². The Morgan fingerprint density at radius 3 is 2.33 bits per heavy atom. The lowest BCUT2D eigenvalue weighted by molar-refractivity contribution is -0.121. The SMILES string of the molecule is CCCCCCC#CC1=CC(=O)[C@H](CCCCCCC)[C@@H]1OCCCCCC(N)=O. The maximum Gasteiger partial charge on any atom is 0.217 e. The van der Waals surface area contributed by atoms with Crippen LogP contribution in [0.3, 0.4) is 0 Å². The number of amides is 1. The smallest absolute Gasteiger partial charge is 0.217 e. The molecule has 0 saturated heterocycles. The maximum absolute atomic E-state index is 12.6. The summed E-state index contributed by atoms with van der Waals surface area (Å²) in [5.74, 6) is 6.36. The minimum atomic E-state index is -0.250. The van der Waals surface area contributed by atoms with Crippen LogP contribution in [-0.2, 0) is 14.3 Å². The van der Waals surface area contributed by atoms with Gasteiger partial charge in [-0.3, -0.25) is 9.59 Å². The zero-order valence-electron chi connectivity index (χ0n) is 19.3. The Morgan fingerprint density at radius 1 is 0.967 bits per heavy atom. The zero-order valence-corrected chi connectivity index (χ0v) is 19.3. The average molecular weight is 418 g/mol. The molecule has 1 rings (SSSR count). The highest BCUT2D eigenvalue weighted by Gasteiger charge is 2.35. The van der Waals surface area contributed by atoms with Crippen molar-refractivity contribution in [2.45, 2.75) is 116 Å². The van der Waals surface area contributed by atoms with Crippen molar-refractivity contribution in [3.05, 3.63) is 11.6 Å². The summed E-state index contributed by atoms with van der Waals surface area (Å²) in [4.78, 5) is 23.5. The lowest BCUT2D eigenvalue weighted by atomic mass is 9.93. The molecule has 0 spiro atoms. The van der Waals surface area contributed by atoms with Crippen LogP contribution in [0.1, 0.15) is 110 Å². The molecule has 1 aliphatic carbocycles. The lowest BCUT2D eigenvalue weighted by Gasteiger charge is -2.21. The molecule has 2 atom stereocenters. The molecule has 2 N–H and O–H groups in total. The molecule has 4 nitrogen and oxygen atoms in total. The number of ether oxygens (including phenoxy) is 1. The third kappa shape index (κ3) is 11.6. The Bertz CT molecular complexity index is 585. The topological polar surface area (TPSA) is 69.4 Å². The van der Waals surface area contributed by atoms with Crippen molar-refractivity contribution in [2.75, 3.05) is 6.61 Å². The van der Waals surface area contributed by atoms with Crippen LogP contribution in [0.25, 0.3) is 0 Å². The summed E-state index contributed by atoms with van der Waals surface area (Å²) in [6.45, 7) is 5.02. The molecule has 0 heterocycles. The molecule has 0 saturated carbocycles. The third-order valence-corrected chi connectivity index (χ3v) is 5.71. The van der Waals surface area contributed by atoms with E-state index in [-0.39, 0.29) is 23.7 Å².